The zero-order valence-corrected chi connectivity index (χ0v) is 11.9. The summed E-state index contributed by atoms with van der Waals surface area (Å²) in [5.41, 5.74) is 1.06. The fraction of sp³-hybridized carbons (Fsp3) is 0.250. The molecule has 1 N–H and O–H groups in total. The van der Waals surface area contributed by atoms with Gasteiger partial charge < -0.3 is 10.1 Å². The Balaban J connectivity index is 2.15. The van der Waals surface area contributed by atoms with Crippen molar-refractivity contribution in [2.75, 3.05) is 12.4 Å². The second-order valence-electron chi connectivity index (χ2n) is 3.86. The van der Waals surface area contributed by atoms with Crippen LogP contribution in [0.1, 0.15) is 18.5 Å². The third-order valence-electron chi connectivity index (χ3n) is 2.59. The van der Waals surface area contributed by atoms with Gasteiger partial charge in [0.1, 0.15) is 5.75 Å². The van der Waals surface area contributed by atoms with Crippen LogP contribution in [-0.4, -0.2) is 22.3 Å². The number of halogens is 2. The summed E-state index contributed by atoms with van der Waals surface area (Å²) in [7, 11) is 1.63. The quantitative estimate of drug-likeness (QED) is 0.938. The molecule has 19 heavy (non-hydrogen) atoms. The second kappa shape index (κ2) is 6.04. The van der Waals surface area contributed by atoms with Gasteiger partial charge in [-0.2, -0.15) is 4.98 Å². The van der Waals surface area contributed by atoms with Crippen LogP contribution in [-0.2, 0) is 0 Å². The topological polar surface area (TPSA) is 59.9 Å². The number of hydrogen-bond donors (Lipinski definition) is 1. The molecular weight excluding hydrogens is 287 g/mol. The lowest BCUT2D eigenvalue weighted by Gasteiger charge is -2.15. The summed E-state index contributed by atoms with van der Waals surface area (Å²) < 4.78 is 5.11. The summed E-state index contributed by atoms with van der Waals surface area (Å²) in [6.07, 6.45) is 0. The lowest BCUT2D eigenvalue weighted by atomic mass is 10.1. The maximum absolute atomic E-state index is 5.90. The summed E-state index contributed by atoms with van der Waals surface area (Å²) in [4.78, 5) is 4.00. The van der Waals surface area contributed by atoms with Gasteiger partial charge in [-0.1, -0.05) is 23.7 Å². The van der Waals surface area contributed by atoms with Crippen molar-refractivity contribution in [2.24, 2.45) is 0 Å². The molecule has 0 aliphatic carbocycles. The predicted octanol–water partition coefficient (Wildman–Crippen LogP) is 3.36. The summed E-state index contributed by atoms with van der Waals surface area (Å²) in [6.45, 7) is 1.98. The Bertz CT molecular complexity index is 562. The van der Waals surface area contributed by atoms with Crippen molar-refractivity contribution in [1.29, 1.82) is 0 Å². The minimum absolute atomic E-state index is 0.00354. The van der Waals surface area contributed by atoms with E-state index in [1.54, 1.807) is 7.11 Å². The van der Waals surface area contributed by atoms with Crippen LogP contribution < -0.4 is 10.1 Å². The van der Waals surface area contributed by atoms with E-state index in [4.69, 9.17) is 27.9 Å². The van der Waals surface area contributed by atoms with Crippen LogP contribution in [0.15, 0.2) is 24.3 Å². The molecule has 0 aliphatic rings. The van der Waals surface area contributed by atoms with E-state index in [0.29, 0.717) is 5.82 Å². The van der Waals surface area contributed by atoms with E-state index < -0.39 is 0 Å². The van der Waals surface area contributed by atoms with E-state index in [1.807, 2.05) is 31.2 Å². The Morgan fingerprint density at radius 1 is 1.16 bits per heavy atom. The van der Waals surface area contributed by atoms with E-state index in [1.165, 1.54) is 0 Å². The van der Waals surface area contributed by atoms with Gasteiger partial charge in [0.25, 0.3) is 0 Å². The molecule has 1 aromatic heterocycles. The van der Waals surface area contributed by atoms with E-state index in [0.717, 1.165) is 11.3 Å². The molecule has 0 spiro atoms. The lowest BCUT2D eigenvalue weighted by molar-refractivity contribution is 0.414. The van der Waals surface area contributed by atoms with Gasteiger partial charge in [-0.15, -0.1) is 10.2 Å². The first-order valence-corrected chi connectivity index (χ1v) is 6.32. The maximum atomic E-state index is 5.90. The SMILES string of the molecule is COc1ccc(C(C)Nc2nc(Cl)nnc2Cl)cc1. The smallest absolute Gasteiger partial charge is 0.245 e. The van der Waals surface area contributed by atoms with Gasteiger partial charge in [-0.25, -0.2) is 0 Å². The Morgan fingerprint density at radius 3 is 2.47 bits per heavy atom. The molecule has 1 heterocycles. The van der Waals surface area contributed by atoms with Crippen molar-refractivity contribution in [2.45, 2.75) is 13.0 Å². The zero-order valence-electron chi connectivity index (χ0n) is 10.4. The molecule has 0 fully saturated rings. The molecule has 0 saturated heterocycles. The van der Waals surface area contributed by atoms with Gasteiger partial charge in [0, 0.05) is 0 Å². The number of methoxy groups -OCH3 is 1. The van der Waals surface area contributed by atoms with E-state index in [9.17, 15) is 0 Å². The van der Waals surface area contributed by atoms with Gasteiger partial charge in [-0.05, 0) is 36.2 Å². The molecule has 7 heteroatoms. The molecule has 0 aliphatic heterocycles. The van der Waals surface area contributed by atoms with E-state index in [-0.39, 0.29) is 16.5 Å². The summed E-state index contributed by atoms with van der Waals surface area (Å²) >= 11 is 11.6. The van der Waals surface area contributed by atoms with Gasteiger partial charge in [0.05, 0.1) is 13.2 Å². The molecule has 1 unspecified atom stereocenters. The van der Waals surface area contributed by atoms with Crippen molar-refractivity contribution in [3.63, 3.8) is 0 Å². The Hall–Kier alpha value is -1.59. The highest BCUT2D eigenvalue weighted by atomic mass is 35.5. The lowest BCUT2D eigenvalue weighted by Crippen LogP contribution is -2.09. The molecule has 0 amide bonds. The predicted molar refractivity (Wildman–Crippen MR) is 74.9 cm³/mol. The van der Waals surface area contributed by atoms with Crippen LogP contribution in [0, 0.1) is 0 Å². The minimum Gasteiger partial charge on any atom is -0.497 e. The van der Waals surface area contributed by atoms with Gasteiger partial charge >= 0.3 is 0 Å². The molecular formula is C12H12Cl2N4O. The molecule has 0 bridgehead atoms. The van der Waals surface area contributed by atoms with Gasteiger partial charge in [0.15, 0.2) is 11.0 Å². The number of rotatable bonds is 4. The number of aromatic nitrogens is 3. The normalized spacial score (nSPS) is 12.0. The highest BCUT2D eigenvalue weighted by molar-refractivity contribution is 6.32. The molecule has 0 radical (unpaired) electrons. The second-order valence-corrected chi connectivity index (χ2v) is 4.56. The first kappa shape index (κ1) is 13.8. The fourth-order valence-electron chi connectivity index (χ4n) is 1.57. The molecule has 1 aromatic carbocycles. The minimum atomic E-state index is -0.00354. The Labute approximate surface area is 120 Å². The molecule has 100 valence electrons. The van der Waals surface area contributed by atoms with Crippen molar-refractivity contribution in [1.82, 2.24) is 15.2 Å². The molecule has 2 rings (SSSR count). The van der Waals surface area contributed by atoms with Gasteiger partial charge in [0.2, 0.25) is 5.28 Å². The number of benzene rings is 1. The van der Waals surface area contributed by atoms with Crippen LogP contribution in [0.3, 0.4) is 0 Å². The maximum Gasteiger partial charge on any atom is 0.245 e. The number of ether oxygens (including phenoxy) is 1. The first-order valence-electron chi connectivity index (χ1n) is 5.56. The summed E-state index contributed by atoms with van der Waals surface area (Å²) in [5, 5.41) is 10.6. The van der Waals surface area contributed by atoms with Crippen molar-refractivity contribution >= 4 is 29.0 Å². The zero-order chi connectivity index (χ0) is 13.8. The van der Waals surface area contributed by atoms with Crippen LogP contribution in [0.5, 0.6) is 5.75 Å². The standard InChI is InChI=1S/C12H12Cl2N4O/c1-7(8-3-5-9(19-2)6-4-8)15-11-10(13)17-18-12(14)16-11/h3-7H,1-2H3,(H,15,16,18). The van der Waals surface area contributed by atoms with Crippen molar-refractivity contribution < 1.29 is 4.74 Å². The van der Waals surface area contributed by atoms with Crippen molar-refractivity contribution in [3.8, 4) is 5.75 Å². The number of anilines is 1. The average molecular weight is 299 g/mol. The van der Waals surface area contributed by atoms with E-state index in [2.05, 4.69) is 20.5 Å². The Kier molecular flexibility index (Phi) is 4.39. The summed E-state index contributed by atoms with van der Waals surface area (Å²) in [6, 6.07) is 7.69. The highest BCUT2D eigenvalue weighted by Crippen LogP contribution is 2.24. The Morgan fingerprint density at radius 2 is 1.84 bits per heavy atom. The fourth-order valence-corrected chi connectivity index (χ4v) is 1.82. The highest BCUT2D eigenvalue weighted by Gasteiger charge is 2.11. The monoisotopic (exact) mass is 298 g/mol. The average Bonchev–Trinajstić information content (AvgIpc) is 2.43. The van der Waals surface area contributed by atoms with Crippen LogP contribution >= 0.6 is 23.2 Å². The van der Waals surface area contributed by atoms with Crippen LogP contribution in [0.25, 0.3) is 0 Å². The van der Waals surface area contributed by atoms with Crippen LogP contribution in [0.2, 0.25) is 10.4 Å². The first-order chi connectivity index (χ1) is 9.10. The molecule has 2 aromatic rings. The third-order valence-corrected chi connectivity index (χ3v) is 3.00. The molecule has 1 atom stereocenters. The van der Waals surface area contributed by atoms with Gasteiger partial charge in [-0.3, -0.25) is 0 Å². The van der Waals surface area contributed by atoms with Crippen LogP contribution in [0.4, 0.5) is 5.82 Å². The third kappa shape index (κ3) is 3.45. The summed E-state index contributed by atoms with van der Waals surface area (Å²) in [5.74, 6) is 1.21. The van der Waals surface area contributed by atoms with Crippen molar-refractivity contribution in [3.05, 3.63) is 40.3 Å². The molecule has 0 saturated carbocycles. The number of nitrogens with one attached hydrogen (secondary N) is 1. The number of hydrogen-bond acceptors (Lipinski definition) is 5. The molecule has 5 nitrogen and oxygen atoms in total. The van der Waals surface area contributed by atoms with E-state index >= 15 is 0 Å². The largest absolute Gasteiger partial charge is 0.497 e. The number of nitrogens with zero attached hydrogens (tertiary/aromatic N) is 3.